The first-order chi connectivity index (χ1) is 9.15. The molecule has 0 atom stereocenters. The first-order valence-corrected chi connectivity index (χ1v) is 6.36. The zero-order chi connectivity index (χ0) is 13.7. The fourth-order valence-electron chi connectivity index (χ4n) is 1.71. The van der Waals surface area contributed by atoms with E-state index < -0.39 is 4.92 Å². The van der Waals surface area contributed by atoms with Gasteiger partial charge in [-0.05, 0) is 30.9 Å². The number of amides is 1. The predicted molar refractivity (Wildman–Crippen MR) is 70.5 cm³/mol. The second-order valence-corrected chi connectivity index (χ2v) is 4.77. The van der Waals surface area contributed by atoms with E-state index in [1.807, 2.05) is 0 Å². The monoisotopic (exact) mass is 263 g/mol. The van der Waals surface area contributed by atoms with Gasteiger partial charge in [-0.25, -0.2) is 0 Å². The molecule has 0 heterocycles. The Morgan fingerprint density at radius 3 is 2.58 bits per heavy atom. The number of nitrogens with one attached hydrogen (secondary N) is 2. The molecule has 1 aromatic carbocycles. The van der Waals surface area contributed by atoms with Crippen molar-refractivity contribution in [3.8, 4) is 0 Å². The number of rotatable bonds is 7. The Morgan fingerprint density at radius 2 is 2.00 bits per heavy atom. The highest BCUT2D eigenvalue weighted by molar-refractivity contribution is 5.77. The summed E-state index contributed by atoms with van der Waals surface area (Å²) in [5, 5.41) is 16.4. The van der Waals surface area contributed by atoms with Gasteiger partial charge in [0.15, 0.2) is 0 Å². The molecule has 1 aliphatic carbocycles. The lowest BCUT2D eigenvalue weighted by Gasteiger charge is -2.06. The summed E-state index contributed by atoms with van der Waals surface area (Å²) in [6, 6.07) is 6.17. The molecule has 6 heteroatoms. The summed E-state index contributed by atoms with van der Waals surface area (Å²) >= 11 is 0. The number of benzene rings is 1. The fraction of sp³-hybridized carbons (Fsp3) is 0.462. The van der Waals surface area contributed by atoms with Crippen LogP contribution in [0.4, 0.5) is 5.69 Å². The van der Waals surface area contributed by atoms with Gasteiger partial charge >= 0.3 is 0 Å². The Bertz CT molecular complexity index is 455. The van der Waals surface area contributed by atoms with Crippen molar-refractivity contribution < 1.29 is 9.72 Å². The molecule has 1 saturated carbocycles. The van der Waals surface area contributed by atoms with E-state index in [4.69, 9.17) is 0 Å². The molecule has 0 unspecified atom stereocenters. The topological polar surface area (TPSA) is 84.3 Å². The quantitative estimate of drug-likeness (QED) is 0.572. The number of nitrogens with zero attached hydrogens (tertiary/aromatic N) is 1. The second-order valence-electron chi connectivity index (χ2n) is 4.77. The van der Waals surface area contributed by atoms with Crippen molar-refractivity contribution in [1.29, 1.82) is 0 Å². The summed E-state index contributed by atoms with van der Waals surface area (Å²) in [7, 11) is 0. The molecule has 1 amide bonds. The van der Waals surface area contributed by atoms with E-state index in [-0.39, 0.29) is 11.6 Å². The van der Waals surface area contributed by atoms with Crippen LogP contribution in [0.5, 0.6) is 0 Å². The molecule has 0 aliphatic heterocycles. The Labute approximate surface area is 111 Å². The molecular weight excluding hydrogens is 246 g/mol. The van der Waals surface area contributed by atoms with Gasteiger partial charge in [-0.15, -0.1) is 0 Å². The zero-order valence-electron chi connectivity index (χ0n) is 10.6. The highest BCUT2D eigenvalue weighted by Crippen LogP contribution is 2.27. The Kier molecular flexibility index (Phi) is 4.46. The van der Waals surface area contributed by atoms with E-state index in [2.05, 4.69) is 10.6 Å². The van der Waals surface area contributed by atoms with Gasteiger partial charge in [-0.1, -0.05) is 12.1 Å². The lowest BCUT2D eigenvalue weighted by molar-refractivity contribution is -0.384. The molecule has 19 heavy (non-hydrogen) atoms. The maximum absolute atomic E-state index is 11.5. The highest BCUT2D eigenvalue weighted by Gasteiger charge is 2.20. The molecule has 2 N–H and O–H groups in total. The van der Waals surface area contributed by atoms with Crippen LogP contribution in [0.2, 0.25) is 0 Å². The van der Waals surface area contributed by atoms with E-state index in [9.17, 15) is 14.9 Å². The molecule has 0 radical (unpaired) electrons. The van der Waals surface area contributed by atoms with Crippen molar-refractivity contribution >= 4 is 11.6 Å². The Balaban J connectivity index is 1.68. The number of carbonyl (C=O) groups excluding carboxylic acids is 1. The summed E-state index contributed by atoms with van der Waals surface area (Å²) in [6.45, 7) is 1.62. The average Bonchev–Trinajstić information content (AvgIpc) is 3.21. The average molecular weight is 263 g/mol. The second kappa shape index (κ2) is 6.29. The summed E-state index contributed by atoms with van der Waals surface area (Å²) in [4.78, 5) is 21.6. The van der Waals surface area contributed by atoms with Crippen LogP contribution in [0.15, 0.2) is 24.3 Å². The van der Waals surface area contributed by atoms with Crippen LogP contribution >= 0.6 is 0 Å². The number of carbonyl (C=O) groups is 1. The number of hydrogen-bond acceptors (Lipinski definition) is 4. The summed E-state index contributed by atoms with van der Waals surface area (Å²) in [6.07, 6.45) is 2.52. The highest BCUT2D eigenvalue weighted by atomic mass is 16.6. The van der Waals surface area contributed by atoms with Crippen molar-refractivity contribution in [2.75, 3.05) is 13.1 Å². The van der Waals surface area contributed by atoms with Crippen LogP contribution in [0.3, 0.4) is 0 Å². The molecule has 102 valence electrons. The maximum atomic E-state index is 11.5. The standard InChI is InChI=1S/C13H17N3O3/c17-13(9-14-7-10-1-2-10)15-8-11-3-5-12(6-4-11)16(18)19/h3-6,10,14H,1-2,7-9H2,(H,15,17). The van der Waals surface area contributed by atoms with Crippen molar-refractivity contribution in [1.82, 2.24) is 10.6 Å². The zero-order valence-corrected chi connectivity index (χ0v) is 10.6. The van der Waals surface area contributed by atoms with E-state index >= 15 is 0 Å². The first-order valence-electron chi connectivity index (χ1n) is 6.36. The number of nitro groups is 1. The molecule has 2 rings (SSSR count). The minimum Gasteiger partial charge on any atom is -0.351 e. The van der Waals surface area contributed by atoms with Crippen LogP contribution in [-0.4, -0.2) is 23.9 Å². The van der Waals surface area contributed by atoms with Gasteiger partial charge in [-0.3, -0.25) is 14.9 Å². The van der Waals surface area contributed by atoms with E-state index in [1.54, 1.807) is 12.1 Å². The smallest absolute Gasteiger partial charge is 0.269 e. The third kappa shape index (κ3) is 4.67. The lowest BCUT2D eigenvalue weighted by atomic mass is 10.2. The summed E-state index contributed by atoms with van der Waals surface area (Å²) < 4.78 is 0. The molecule has 0 aromatic heterocycles. The van der Waals surface area contributed by atoms with Crippen LogP contribution in [0.25, 0.3) is 0 Å². The molecule has 0 bridgehead atoms. The van der Waals surface area contributed by atoms with Gasteiger partial charge in [0.25, 0.3) is 5.69 Å². The van der Waals surface area contributed by atoms with Crippen molar-refractivity contribution in [3.05, 3.63) is 39.9 Å². The SMILES string of the molecule is O=C(CNCC1CC1)NCc1ccc([N+](=O)[O-])cc1. The third-order valence-corrected chi connectivity index (χ3v) is 3.05. The maximum Gasteiger partial charge on any atom is 0.269 e. The molecule has 1 aliphatic rings. The van der Waals surface area contributed by atoms with Crippen LogP contribution in [-0.2, 0) is 11.3 Å². The first kappa shape index (κ1) is 13.5. The molecule has 1 aromatic rings. The number of hydrogen-bond donors (Lipinski definition) is 2. The summed E-state index contributed by atoms with van der Waals surface area (Å²) in [5.74, 6) is 0.696. The van der Waals surface area contributed by atoms with Gasteiger partial charge in [-0.2, -0.15) is 0 Å². The normalized spacial score (nSPS) is 14.1. The van der Waals surface area contributed by atoms with Gasteiger partial charge in [0.05, 0.1) is 11.5 Å². The molecule has 1 fully saturated rings. The van der Waals surface area contributed by atoms with Gasteiger partial charge in [0.1, 0.15) is 0 Å². The number of nitro benzene ring substituents is 1. The Hall–Kier alpha value is -1.95. The lowest BCUT2D eigenvalue weighted by Crippen LogP contribution is -2.34. The molecule has 0 saturated heterocycles. The predicted octanol–water partition coefficient (Wildman–Crippen LogP) is 1.21. The van der Waals surface area contributed by atoms with Crippen molar-refractivity contribution in [2.24, 2.45) is 5.92 Å². The van der Waals surface area contributed by atoms with Crippen molar-refractivity contribution in [3.63, 3.8) is 0 Å². The van der Waals surface area contributed by atoms with E-state index in [0.717, 1.165) is 18.0 Å². The number of non-ortho nitro benzene ring substituents is 1. The van der Waals surface area contributed by atoms with Crippen molar-refractivity contribution in [2.45, 2.75) is 19.4 Å². The summed E-state index contributed by atoms with van der Waals surface area (Å²) in [5.41, 5.74) is 0.905. The third-order valence-electron chi connectivity index (χ3n) is 3.05. The van der Waals surface area contributed by atoms with Crippen LogP contribution < -0.4 is 10.6 Å². The fourth-order valence-corrected chi connectivity index (χ4v) is 1.71. The van der Waals surface area contributed by atoms with Crippen LogP contribution in [0.1, 0.15) is 18.4 Å². The van der Waals surface area contributed by atoms with E-state index in [0.29, 0.717) is 13.1 Å². The van der Waals surface area contributed by atoms with Gasteiger partial charge in [0.2, 0.25) is 5.91 Å². The minimum atomic E-state index is -0.440. The van der Waals surface area contributed by atoms with E-state index in [1.165, 1.54) is 25.0 Å². The minimum absolute atomic E-state index is 0.0565. The largest absolute Gasteiger partial charge is 0.351 e. The van der Waals surface area contributed by atoms with Gasteiger partial charge in [0, 0.05) is 18.7 Å². The molecule has 0 spiro atoms. The molecular formula is C13H17N3O3. The Morgan fingerprint density at radius 1 is 1.32 bits per heavy atom. The van der Waals surface area contributed by atoms with Gasteiger partial charge < -0.3 is 10.6 Å². The molecule has 6 nitrogen and oxygen atoms in total. The van der Waals surface area contributed by atoms with Crippen LogP contribution in [0, 0.1) is 16.0 Å².